The zero-order chi connectivity index (χ0) is 28.3. The number of aliphatic hydroxyl groups is 2. The summed E-state index contributed by atoms with van der Waals surface area (Å²) in [4.78, 5) is 44.9. The molecule has 2 unspecified atom stereocenters. The van der Waals surface area contributed by atoms with Crippen LogP contribution in [-0.4, -0.2) is 101 Å². The largest absolute Gasteiger partial charge is 0.463 e. The fourth-order valence-electron chi connectivity index (χ4n) is 4.19. The Labute approximate surface area is 214 Å². The third-order valence-electron chi connectivity index (χ3n) is 5.88. The van der Waals surface area contributed by atoms with E-state index >= 15 is 0 Å². The number of carbonyl (C=O) groups excluding carboxylic acids is 4. The summed E-state index contributed by atoms with van der Waals surface area (Å²) in [6.45, 7) is 10.7. The van der Waals surface area contributed by atoms with Crippen LogP contribution in [0.15, 0.2) is 0 Å². The highest BCUT2D eigenvalue weighted by atomic mass is 16.8. The van der Waals surface area contributed by atoms with E-state index in [2.05, 4.69) is 0 Å². The fourth-order valence-corrected chi connectivity index (χ4v) is 4.19. The van der Waals surface area contributed by atoms with Gasteiger partial charge in [-0.1, -0.05) is 0 Å². The van der Waals surface area contributed by atoms with Crippen LogP contribution in [0, 0.1) is 0 Å². The highest BCUT2D eigenvalue weighted by molar-refractivity contribution is 5.69. The van der Waals surface area contributed by atoms with Crippen molar-refractivity contribution in [1.82, 2.24) is 0 Å². The lowest BCUT2D eigenvalue weighted by atomic mass is 9.94. The first-order valence-corrected chi connectivity index (χ1v) is 11.6. The van der Waals surface area contributed by atoms with Crippen LogP contribution in [0.1, 0.15) is 55.4 Å². The van der Waals surface area contributed by atoms with Gasteiger partial charge < -0.3 is 48.1 Å². The molecule has 0 saturated carbocycles. The van der Waals surface area contributed by atoms with Crippen LogP contribution in [-0.2, 0) is 57.1 Å². The molecule has 0 bridgehead atoms. The molecule has 3 fully saturated rings. The van der Waals surface area contributed by atoms with Crippen LogP contribution >= 0.6 is 0 Å². The van der Waals surface area contributed by atoms with Gasteiger partial charge in [0.2, 0.25) is 12.4 Å². The number of rotatable bonds is 6. The molecule has 0 aromatic heterocycles. The predicted molar refractivity (Wildman–Crippen MR) is 119 cm³/mol. The molecule has 2 N–H and O–H groups in total. The van der Waals surface area contributed by atoms with E-state index in [4.69, 9.17) is 43.0 Å². The van der Waals surface area contributed by atoms with Gasteiger partial charge in [0.15, 0.2) is 17.7 Å². The number of ether oxygens (including phenoxy) is 8. The van der Waals surface area contributed by atoms with Gasteiger partial charge in [-0.3, -0.25) is 19.2 Å². The van der Waals surface area contributed by atoms with E-state index in [0.717, 1.165) is 20.8 Å². The molecule has 3 aliphatic heterocycles. The Kier molecular flexibility index (Phi) is 9.66. The second-order valence-electron chi connectivity index (χ2n) is 9.67. The molecular weight excluding hydrogens is 500 g/mol. The predicted octanol–water partition coefficient (Wildman–Crippen LogP) is -0.303. The van der Waals surface area contributed by atoms with Crippen molar-refractivity contribution in [2.24, 2.45) is 0 Å². The molecule has 0 radical (unpaired) electrons. The Morgan fingerprint density at radius 3 is 1.86 bits per heavy atom. The summed E-state index contributed by atoms with van der Waals surface area (Å²) in [6.07, 6.45) is -5.24. The number of fused-ring (bicyclic) bond motifs is 1. The molecule has 3 aliphatic rings. The van der Waals surface area contributed by atoms with Crippen LogP contribution in [0.25, 0.3) is 0 Å². The lowest BCUT2D eigenvalue weighted by Gasteiger charge is -2.32. The van der Waals surface area contributed by atoms with Crippen molar-refractivity contribution in [3.8, 4) is 0 Å². The molecular formula is C23H36O14. The van der Waals surface area contributed by atoms with Crippen molar-refractivity contribution in [2.75, 3.05) is 13.2 Å². The summed E-state index contributed by atoms with van der Waals surface area (Å²) in [5, 5.41) is 19.1. The first-order chi connectivity index (χ1) is 16.9. The summed E-state index contributed by atoms with van der Waals surface area (Å²) in [6, 6.07) is 0. The van der Waals surface area contributed by atoms with E-state index in [1.807, 2.05) is 0 Å². The first kappa shape index (κ1) is 30.9. The minimum Gasteiger partial charge on any atom is -0.463 e. The Bertz CT molecular complexity index is 870. The molecule has 3 rings (SSSR count). The first-order valence-electron chi connectivity index (χ1n) is 11.6. The van der Waals surface area contributed by atoms with E-state index in [-0.39, 0.29) is 13.2 Å². The van der Waals surface area contributed by atoms with Gasteiger partial charge in [-0.05, 0) is 27.7 Å². The molecule has 3 heterocycles. The van der Waals surface area contributed by atoms with Gasteiger partial charge in [0.25, 0.3) is 0 Å². The van der Waals surface area contributed by atoms with Crippen LogP contribution in [0.4, 0.5) is 0 Å². The van der Waals surface area contributed by atoms with E-state index in [1.54, 1.807) is 20.8 Å². The number of aliphatic hydroxyl groups excluding tert-OH is 1. The van der Waals surface area contributed by atoms with E-state index < -0.39 is 77.9 Å². The van der Waals surface area contributed by atoms with Crippen LogP contribution in [0.3, 0.4) is 0 Å². The third kappa shape index (κ3) is 7.36. The van der Waals surface area contributed by atoms with Crippen molar-refractivity contribution < 1.29 is 67.3 Å². The maximum atomic E-state index is 11.4. The SMILES string of the molecule is CC(=O)OC[C@H]1OC(OC(C)=O)[C@H](OC(C)=O)[C@@]1(C)OC(C)=O.CC1(C)OC2O[C@H](CO)[C@](C)(O)[C@H]2O1. The lowest BCUT2D eigenvalue weighted by molar-refractivity contribution is -0.230. The minimum atomic E-state index is -1.49. The molecule has 14 nitrogen and oxygen atoms in total. The minimum absolute atomic E-state index is 0.243. The molecule has 212 valence electrons. The standard InChI is InChI=1S/C14H20O9.C9H16O5/c1-7(15)19-6-11-14(5,23-10(4)18)12(20-8(2)16)13(22-11)21-9(3)17;1-8(2)13-6-7(14-8)12-5(4-10)9(6,3)11/h11-13H,6H2,1-5H3;5-7,10-11H,4H2,1-3H3/t11-,12+,13?,14+;5-,6+,7?,9+/m11/s1. The van der Waals surface area contributed by atoms with Gasteiger partial charge in [0, 0.05) is 27.7 Å². The smallest absolute Gasteiger partial charge is 0.305 e. The Morgan fingerprint density at radius 1 is 0.811 bits per heavy atom. The van der Waals surface area contributed by atoms with Crippen molar-refractivity contribution in [2.45, 2.75) is 109 Å². The normalized spacial score (nSPS) is 37.6. The molecule has 14 heteroatoms. The molecule has 0 aromatic carbocycles. The van der Waals surface area contributed by atoms with Gasteiger partial charge in [-0.15, -0.1) is 0 Å². The Morgan fingerprint density at radius 2 is 1.41 bits per heavy atom. The summed E-state index contributed by atoms with van der Waals surface area (Å²) in [5.74, 6) is -3.32. The highest BCUT2D eigenvalue weighted by Gasteiger charge is 2.61. The quantitative estimate of drug-likeness (QED) is 0.333. The molecule has 3 saturated heterocycles. The molecule has 0 aromatic rings. The van der Waals surface area contributed by atoms with Crippen LogP contribution in [0.5, 0.6) is 0 Å². The van der Waals surface area contributed by atoms with Gasteiger partial charge in [-0.25, -0.2) is 0 Å². The summed E-state index contributed by atoms with van der Waals surface area (Å²) >= 11 is 0. The average molecular weight is 537 g/mol. The molecule has 0 spiro atoms. The number of esters is 4. The third-order valence-corrected chi connectivity index (χ3v) is 5.88. The number of hydrogen-bond acceptors (Lipinski definition) is 14. The van der Waals surface area contributed by atoms with Crippen LogP contribution < -0.4 is 0 Å². The summed E-state index contributed by atoms with van der Waals surface area (Å²) in [7, 11) is 0. The molecule has 8 atom stereocenters. The Balaban J connectivity index is 0.000000291. The molecule has 37 heavy (non-hydrogen) atoms. The second kappa shape index (κ2) is 11.6. The van der Waals surface area contributed by atoms with E-state index in [1.165, 1.54) is 13.8 Å². The van der Waals surface area contributed by atoms with Crippen LogP contribution in [0.2, 0.25) is 0 Å². The number of carbonyl (C=O) groups is 4. The topological polar surface area (TPSA) is 183 Å². The lowest BCUT2D eigenvalue weighted by Crippen LogP contribution is -2.52. The van der Waals surface area contributed by atoms with E-state index in [9.17, 15) is 24.3 Å². The highest BCUT2D eigenvalue weighted by Crippen LogP contribution is 2.42. The summed E-state index contributed by atoms with van der Waals surface area (Å²) < 4.78 is 42.0. The van der Waals surface area contributed by atoms with Crippen molar-refractivity contribution >= 4 is 23.9 Å². The Hall–Kier alpha value is -2.36. The number of hydrogen-bond donors (Lipinski definition) is 2. The molecule has 0 aliphatic carbocycles. The van der Waals surface area contributed by atoms with E-state index in [0.29, 0.717) is 0 Å². The van der Waals surface area contributed by atoms with Gasteiger partial charge in [-0.2, -0.15) is 0 Å². The van der Waals surface area contributed by atoms with Crippen molar-refractivity contribution in [1.29, 1.82) is 0 Å². The maximum absolute atomic E-state index is 11.4. The average Bonchev–Trinajstić information content (AvgIpc) is 3.26. The zero-order valence-electron chi connectivity index (χ0n) is 22.2. The summed E-state index contributed by atoms with van der Waals surface area (Å²) in [5.41, 5.74) is -2.69. The zero-order valence-corrected chi connectivity index (χ0v) is 22.2. The van der Waals surface area contributed by atoms with Gasteiger partial charge in [0.1, 0.15) is 30.5 Å². The maximum Gasteiger partial charge on any atom is 0.305 e. The van der Waals surface area contributed by atoms with Gasteiger partial charge >= 0.3 is 23.9 Å². The fraction of sp³-hybridized carbons (Fsp3) is 0.826. The van der Waals surface area contributed by atoms with Gasteiger partial charge in [0.05, 0.1) is 6.61 Å². The van der Waals surface area contributed by atoms with Crippen molar-refractivity contribution in [3.05, 3.63) is 0 Å². The molecule has 0 amide bonds. The van der Waals surface area contributed by atoms with Crippen molar-refractivity contribution in [3.63, 3.8) is 0 Å². The second-order valence-corrected chi connectivity index (χ2v) is 9.67. The monoisotopic (exact) mass is 536 g/mol.